The molecule has 0 bridgehead atoms. The Kier molecular flexibility index (Phi) is 4.56. The minimum absolute atomic E-state index is 0.0369. The molecule has 0 radical (unpaired) electrons. The molecule has 3 aromatic rings. The van der Waals surface area contributed by atoms with Crippen molar-refractivity contribution in [3.63, 3.8) is 0 Å². The van der Waals surface area contributed by atoms with Gasteiger partial charge in [0.2, 0.25) is 5.43 Å². The predicted molar refractivity (Wildman–Crippen MR) is 108 cm³/mol. The number of hydrogen-bond acceptors (Lipinski definition) is 2. The number of amides is 1. The molecule has 0 fully saturated rings. The van der Waals surface area contributed by atoms with Crippen molar-refractivity contribution >= 4 is 16.8 Å². The van der Waals surface area contributed by atoms with Crippen LogP contribution in [-0.2, 0) is 13.0 Å². The zero-order valence-corrected chi connectivity index (χ0v) is 15.8. The quantitative estimate of drug-likeness (QED) is 0.763. The maximum Gasteiger partial charge on any atom is 0.257 e. The summed E-state index contributed by atoms with van der Waals surface area (Å²) in [6.07, 6.45) is 4.68. The largest absolute Gasteiger partial charge is 0.347 e. The van der Waals surface area contributed by atoms with Crippen LogP contribution in [-0.4, -0.2) is 10.5 Å². The van der Waals surface area contributed by atoms with Crippen molar-refractivity contribution in [1.29, 1.82) is 0 Å². The first kappa shape index (κ1) is 17.5. The zero-order valence-electron chi connectivity index (χ0n) is 15.8. The van der Waals surface area contributed by atoms with Crippen LogP contribution in [0, 0.1) is 6.92 Å². The Balaban J connectivity index is 1.74. The molecule has 1 atom stereocenters. The lowest BCUT2D eigenvalue weighted by atomic mass is 9.87. The van der Waals surface area contributed by atoms with Crippen molar-refractivity contribution < 1.29 is 4.79 Å². The zero-order chi connectivity index (χ0) is 19.0. The molecule has 1 aliphatic carbocycles. The van der Waals surface area contributed by atoms with E-state index in [-0.39, 0.29) is 22.9 Å². The number of rotatable bonds is 3. The molecule has 2 aromatic carbocycles. The van der Waals surface area contributed by atoms with Crippen LogP contribution in [0.15, 0.2) is 53.5 Å². The molecule has 1 aromatic heterocycles. The van der Waals surface area contributed by atoms with Gasteiger partial charge >= 0.3 is 0 Å². The first-order chi connectivity index (χ1) is 13.1. The lowest BCUT2D eigenvalue weighted by molar-refractivity contribution is 0.0931. The van der Waals surface area contributed by atoms with Crippen molar-refractivity contribution in [2.45, 2.75) is 45.7 Å². The molecular weight excluding hydrogens is 336 g/mol. The maximum atomic E-state index is 13.0. The lowest BCUT2D eigenvalue weighted by Gasteiger charge is -2.26. The third-order valence-corrected chi connectivity index (χ3v) is 5.50. The van der Waals surface area contributed by atoms with Crippen LogP contribution in [0.5, 0.6) is 0 Å². The van der Waals surface area contributed by atoms with Crippen molar-refractivity contribution in [3.8, 4) is 0 Å². The summed E-state index contributed by atoms with van der Waals surface area (Å²) >= 11 is 0. The number of hydrogen-bond donors (Lipinski definition) is 1. The van der Waals surface area contributed by atoms with Crippen LogP contribution in [0.2, 0.25) is 0 Å². The average Bonchev–Trinajstić information content (AvgIpc) is 2.69. The highest BCUT2D eigenvalue weighted by atomic mass is 16.2. The fourth-order valence-corrected chi connectivity index (χ4v) is 4.07. The van der Waals surface area contributed by atoms with Gasteiger partial charge in [-0.1, -0.05) is 35.9 Å². The summed E-state index contributed by atoms with van der Waals surface area (Å²) in [6, 6.07) is 14.0. The van der Waals surface area contributed by atoms with Crippen LogP contribution in [0.4, 0.5) is 0 Å². The monoisotopic (exact) mass is 360 g/mol. The topological polar surface area (TPSA) is 51.1 Å². The number of aryl methyl sites for hydroxylation is 3. The van der Waals surface area contributed by atoms with E-state index < -0.39 is 0 Å². The second kappa shape index (κ2) is 7.03. The Labute approximate surface area is 158 Å². The van der Waals surface area contributed by atoms with Gasteiger partial charge in [0, 0.05) is 18.1 Å². The number of aromatic nitrogens is 1. The van der Waals surface area contributed by atoms with Gasteiger partial charge in [-0.25, -0.2) is 0 Å². The molecule has 0 saturated heterocycles. The van der Waals surface area contributed by atoms with E-state index >= 15 is 0 Å². The second-order valence-corrected chi connectivity index (χ2v) is 7.30. The van der Waals surface area contributed by atoms with Gasteiger partial charge in [0.15, 0.2) is 0 Å². The number of carbonyl (C=O) groups is 1. The third kappa shape index (κ3) is 3.16. The van der Waals surface area contributed by atoms with Gasteiger partial charge in [0.1, 0.15) is 5.56 Å². The average molecular weight is 360 g/mol. The van der Waals surface area contributed by atoms with Crippen LogP contribution >= 0.6 is 0 Å². The highest BCUT2D eigenvalue weighted by Gasteiger charge is 2.23. The normalized spacial score (nSPS) is 16.1. The molecule has 0 unspecified atom stereocenters. The van der Waals surface area contributed by atoms with E-state index in [9.17, 15) is 9.59 Å². The van der Waals surface area contributed by atoms with Gasteiger partial charge < -0.3 is 9.88 Å². The van der Waals surface area contributed by atoms with Crippen molar-refractivity contribution in [1.82, 2.24) is 9.88 Å². The van der Waals surface area contributed by atoms with Crippen LogP contribution in [0.25, 0.3) is 10.9 Å². The number of carbonyl (C=O) groups excluding carboxylic acids is 1. The van der Waals surface area contributed by atoms with E-state index in [0.717, 1.165) is 30.3 Å². The minimum atomic E-state index is -0.285. The van der Waals surface area contributed by atoms with Gasteiger partial charge in [-0.15, -0.1) is 0 Å². The molecule has 1 heterocycles. The van der Waals surface area contributed by atoms with Crippen molar-refractivity contribution in [3.05, 3.63) is 81.1 Å². The molecule has 1 aliphatic rings. The van der Waals surface area contributed by atoms with Crippen molar-refractivity contribution in [2.24, 2.45) is 0 Å². The summed E-state index contributed by atoms with van der Waals surface area (Å²) in [5.41, 5.74) is 4.37. The third-order valence-electron chi connectivity index (χ3n) is 5.50. The number of nitrogens with one attached hydrogen (secondary N) is 1. The van der Waals surface area contributed by atoms with E-state index in [2.05, 4.69) is 17.4 Å². The molecule has 0 aliphatic heterocycles. The minimum Gasteiger partial charge on any atom is -0.347 e. The summed E-state index contributed by atoms with van der Waals surface area (Å²) in [7, 11) is 0. The molecule has 1 N–H and O–H groups in total. The molecule has 0 spiro atoms. The Morgan fingerprint density at radius 1 is 1.22 bits per heavy atom. The van der Waals surface area contributed by atoms with E-state index in [1.54, 1.807) is 6.20 Å². The SMILES string of the molecule is CCn1cc(C(=O)N[C@H]2CCCc3ccccc32)c(=O)c2cc(C)ccc21. The fourth-order valence-electron chi connectivity index (χ4n) is 4.07. The predicted octanol–water partition coefficient (Wildman–Crippen LogP) is 4.14. The van der Waals surface area contributed by atoms with Crippen LogP contribution < -0.4 is 10.7 Å². The van der Waals surface area contributed by atoms with E-state index in [0.29, 0.717) is 11.9 Å². The van der Waals surface area contributed by atoms with E-state index in [1.165, 1.54) is 11.1 Å². The maximum absolute atomic E-state index is 13.0. The summed E-state index contributed by atoms with van der Waals surface area (Å²) < 4.78 is 1.97. The van der Waals surface area contributed by atoms with Gasteiger partial charge in [0.05, 0.1) is 11.6 Å². The Morgan fingerprint density at radius 2 is 2.04 bits per heavy atom. The summed E-state index contributed by atoms with van der Waals surface area (Å²) in [4.78, 5) is 26.0. The molecule has 4 heteroatoms. The molecule has 1 amide bonds. The molecule has 4 rings (SSSR count). The van der Waals surface area contributed by atoms with Gasteiger partial charge in [-0.3, -0.25) is 9.59 Å². The second-order valence-electron chi connectivity index (χ2n) is 7.30. The summed E-state index contributed by atoms with van der Waals surface area (Å²) in [5.74, 6) is -0.285. The highest BCUT2D eigenvalue weighted by Crippen LogP contribution is 2.29. The lowest BCUT2D eigenvalue weighted by Crippen LogP contribution is -2.34. The number of fused-ring (bicyclic) bond motifs is 2. The molecular formula is C23H24N2O2. The highest BCUT2D eigenvalue weighted by molar-refractivity contribution is 5.97. The number of benzene rings is 2. The summed E-state index contributed by atoms with van der Waals surface area (Å²) in [5, 5.41) is 3.72. The summed E-state index contributed by atoms with van der Waals surface area (Å²) in [6.45, 7) is 4.68. The van der Waals surface area contributed by atoms with Crippen LogP contribution in [0.1, 0.15) is 52.9 Å². The van der Waals surface area contributed by atoms with E-state index in [1.807, 2.05) is 48.7 Å². The molecule has 0 saturated carbocycles. The standard InChI is InChI=1S/C23H24N2O2/c1-3-25-14-19(22(26)18-13-15(2)11-12-21(18)25)23(27)24-20-10-6-8-16-7-4-5-9-17(16)20/h4-5,7,9,11-14,20H,3,6,8,10H2,1-2H3,(H,24,27)/t20-/m0/s1. The van der Waals surface area contributed by atoms with Crippen molar-refractivity contribution in [2.75, 3.05) is 0 Å². The molecule has 27 heavy (non-hydrogen) atoms. The Morgan fingerprint density at radius 3 is 2.85 bits per heavy atom. The number of nitrogens with zero attached hydrogens (tertiary/aromatic N) is 1. The Bertz CT molecular complexity index is 1080. The molecule has 4 nitrogen and oxygen atoms in total. The van der Waals surface area contributed by atoms with E-state index in [4.69, 9.17) is 0 Å². The van der Waals surface area contributed by atoms with Gasteiger partial charge in [0.25, 0.3) is 5.91 Å². The Hall–Kier alpha value is -2.88. The molecule has 138 valence electrons. The van der Waals surface area contributed by atoms with Gasteiger partial charge in [-0.05, 0) is 56.4 Å². The first-order valence-corrected chi connectivity index (χ1v) is 9.61. The number of pyridine rings is 1. The smallest absolute Gasteiger partial charge is 0.257 e. The fraction of sp³-hybridized carbons (Fsp3) is 0.304. The van der Waals surface area contributed by atoms with Gasteiger partial charge in [-0.2, -0.15) is 0 Å². The van der Waals surface area contributed by atoms with Crippen LogP contribution in [0.3, 0.4) is 0 Å². The first-order valence-electron chi connectivity index (χ1n) is 9.61.